The van der Waals surface area contributed by atoms with Crippen LogP contribution in [0.4, 0.5) is 11.6 Å². The number of nitrogens with one attached hydrogen (secondary N) is 3. The Bertz CT molecular complexity index is 1240. The van der Waals surface area contributed by atoms with Gasteiger partial charge in [-0.25, -0.2) is 9.97 Å². The fourth-order valence-electron chi connectivity index (χ4n) is 5.43. The number of rotatable bonds is 13. The van der Waals surface area contributed by atoms with E-state index in [0.717, 1.165) is 56.0 Å². The monoisotopic (exact) mass is 616 g/mol. The molecular formula is C31H45ClN6O3S. The van der Waals surface area contributed by atoms with Gasteiger partial charge in [0.2, 0.25) is 0 Å². The number of hydrogen-bond donors (Lipinski definition) is 3. The van der Waals surface area contributed by atoms with Gasteiger partial charge in [-0.3, -0.25) is 19.2 Å². The first-order valence-corrected chi connectivity index (χ1v) is 16.1. The zero-order chi connectivity index (χ0) is 30.3. The molecule has 0 spiro atoms. The van der Waals surface area contributed by atoms with Crippen molar-refractivity contribution in [3.05, 3.63) is 41.0 Å². The van der Waals surface area contributed by atoms with Crippen LogP contribution in [-0.4, -0.2) is 59.7 Å². The molecule has 2 aromatic heterocycles. The number of amides is 2. The fourth-order valence-corrected chi connectivity index (χ4v) is 6.26. The van der Waals surface area contributed by atoms with Crippen molar-refractivity contribution in [2.24, 2.45) is 11.3 Å². The Morgan fingerprint density at radius 3 is 2.74 bits per heavy atom. The quantitative estimate of drug-likeness (QED) is 0.141. The minimum Gasteiger partial charge on any atom is -0.370 e. The van der Waals surface area contributed by atoms with E-state index < -0.39 is 6.10 Å². The van der Waals surface area contributed by atoms with Crippen LogP contribution in [-0.2, 0) is 9.53 Å². The molecule has 2 atom stereocenters. The highest BCUT2D eigenvalue weighted by atomic mass is 35.5. The largest absolute Gasteiger partial charge is 0.370 e. The standard InChI is InChI=1S/C31H45ClN6O3S/c1-30(2,3)15-8-18-41-23-14-17-38(29(23)40)25-13-12-22(27(32)36-25)28(39)37-42-26-11-6-10-24(35-26)33-16-7-9-21-19-31(4,5)34-20-21/h6,10-13,21,23,34H,7-9,14-20H2,1-5H3,(H,33,35)(H,37,39). The van der Waals surface area contributed by atoms with Crippen LogP contribution in [0.1, 0.15) is 83.5 Å². The molecule has 2 aromatic rings. The number of carbonyl (C=O) groups is 2. The lowest BCUT2D eigenvalue weighted by molar-refractivity contribution is -0.127. The van der Waals surface area contributed by atoms with Gasteiger partial charge in [0.15, 0.2) is 0 Å². The normalized spacial score (nSPS) is 20.2. The molecule has 2 aliphatic heterocycles. The second-order valence-corrected chi connectivity index (χ2v) is 14.3. The van der Waals surface area contributed by atoms with Crippen LogP contribution in [0.3, 0.4) is 0 Å². The highest BCUT2D eigenvalue weighted by Crippen LogP contribution is 2.28. The maximum absolute atomic E-state index is 12.9. The fraction of sp³-hybridized carbons (Fsp3) is 0.613. The Balaban J connectivity index is 1.22. The van der Waals surface area contributed by atoms with Crippen LogP contribution < -0.4 is 20.3 Å². The van der Waals surface area contributed by atoms with Gasteiger partial charge < -0.3 is 15.4 Å². The Labute approximate surface area is 259 Å². The molecule has 4 rings (SSSR count). The summed E-state index contributed by atoms with van der Waals surface area (Å²) in [5.41, 5.74) is 0.716. The third-order valence-corrected chi connectivity index (χ3v) is 8.65. The van der Waals surface area contributed by atoms with Crippen molar-refractivity contribution in [3.63, 3.8) is 0 Å². The number of hydrogen-bond acceptors (Lipinski definition) is 8. The van der Waals surface area contributed by atoms with Crippen LogP contribution in [0, 0.1) is 11.3 Å². The van der Waals surface area contributed by atoms with Crippen LogP contribution in [0.2, 0.25) is 5.15 Å². The van der Waals surface area contributed by atoms with Gasteiger partial charge in [-0.1, -0.05) is 38.4 Å². The Kier molecular flexibility index (Phi) is 11.1. The molecule has 2 aliphatic rings. The lowest BCUT2D eigenvalue weighted by Crippen LogP contribution is -2.31. The average molecular weight is 617 g/mol. The number of aromatic nitrogens is 2. The van der Waals surface area contributed by atoms with Gasteiger partial charge in [-0.15, -0.1) is 0 Å². The van der Waals surface area contributed by atoms with Crippen LogP contribution in [0.15, 0.2) is 35.4 Å². The summed E-state index contributed by atoms with van der Waals surface area (Å²) in [6.45, 7) is 14.1. The predicted octanol–water partition coefficient (Wildman–Crippen LogP) is 6.10. The molecule has 11 heteroatoms. The summed E-state index contributed by atoms with van der Waals surface area (Å²) in [4.78, 5) is 36.3. The summed E-state index contributed by atoms with van der Waals surface area (Å²) in [6, 6.07) is 8.92. The molecule has 42 heavy (non-hydrogen) atoms. The maximum atomic E-state index is 12.9. The molecule has 2 saturated heterocycles. The lowest BCUT2D eigenvalue weighted by Gasteiger charge is -2.19. The van der Waals surface area contributed by atoms with Crippen molar-refractivity contribution < 1.29 is 14.3 Å². The van der Waals surface area contributed by atoms with E-state index in [-0.39, 0.29) is 33.5 Å². The zero-order valence-electron chi connectivity index (χ0n) is 25.5. The maximum Gasteiger partial charge on any atom is 0.264 e. The third-order valence-electron chi connectivity index (χ3n) is 7.64. The molecule has 0 aliphatic carbocycles. The van der Waals surface area contributed by atoms with Gasteiger partial charge in [0.25, 0.3) is 11.8 Å². The first-order chi connectivity index (χ1) is 19.9. The smallest absolute Gasteiger partial charge is 0.264 e. The Morgan fingerprint density at radius 1 is 1.21 bits per heavy atom. The molecule has 3 N–H and O–H groups in total. The summed E-state index contributed by atoms with van der Waals surface area (Å²) in [6.07, 6.45) is 5.54. The van der Waals surface area contributed by atoms with Crippen molar-refractivity contribution in [2.45, 2.75) is 89.8 Å². The van der Waals surface area contributed by atoms with E-state index in [0.29, 0.717) is 30.4 Å². The second kappa shape index (κ2) is 14.4. The van der Waals surface area contributed by atoms with Crippen molar-refractivity contribution in [2.75, 3.05) is 36.5 Å². The van der Waals surface area contributed by atoms with E-state index >= 15 is 0 Å². The molecule has 9 nitrogen and oxygen atoms in total. The SMILES string of the molecule is CC(C)(C)CCCOC1CCN(c2ccc(C(=O)NSc3cccc(NCCCC4CNC(C)(C)C4)n3)c(Cl)n2)C1=O. The van der Waals surface area contributed by atoms with Crippen molar-refractivity contribution >= 4 is 47.0 Å². The molecule has 230 valence electrons. The molecule has 0 aromatic carbocycles. The highest BCUT2D eigenvalue weighted by Gasteiger charge is 2.34. The van der Waals surface area contributed by atoms with Crippen molar-refractivity contribution in [3.8, 4) is 0 Å². The van der Waals surface area contributed by atoms with E-state index in [2.05, 4.69) is 59.9 Å². The van der Waals surface area contributed by atoms with Crippen LogP contribution >= 0.6 is 23.5 Å². The number of ether oxygens (including phenoxy) is 1. The van der Waals surface area contributed by atoms with Gasteiger partial charge in [-0.05, 0) is 88.1 Å². The predicted molar refractivity (Wildman–Crippen MR) is 170 cm³/mol. The minimum absolute atomic E-state index is 0.0390. The summed E-state index contributed by atoms with van der Waals surface area (Å²) in [5, 5.41) is 7.66. The molecule has 2 fully saturated rings. The van der Waals surface area contributed by atoms with E-state index in [4.69, 9.17) is 16.3 Å². The Morgan fingerprint density at radius 2 is 2.02 bits per heavy atom. The molecule has 0 radical (unpaired) electrons. The first kappa shape index (κ1) is 32.5. The van der Waals surface area contributed by atoms with Crippen LogP contribution in [0.5, 0.6) is 0 Å². The topological polar surface area (TPSA) is 108 Å². The first-order valence-electron chi connectivity index (χ1n) is 14.9. The molecule has 0 bridgehead atoms. The van der Waals surface area contributed by atoms with E-state index in [1.165, 1.54) is 12.8 Å². The summed E-state index contributed by atoms with van der Waals surface area (Å²) >= 11 is 7.51. The van der Waals surface area contributed by atoms with E-state index in [1.807, 2.05) is 18.2 Å². The molecule has 2 unspecified atom stereocenters. The summed E-state index contributed by atoms with van der Waals surface area (Å²) in [7, 11) is 0. The second-order valence-electron chi connectivity index (χ2n) is 13.1. The van der Waals surface area contributed by atoms with E-state index in [1.54, 1.807) is 17.0 Å². The van der Waals surface area contributed by atoms with Crippen molar-refractivity contribution in [1.82, 2.24) is 20.0 Å². The molecule has 2 amide bonds. The van der Waals surface area contributed by atoms with Gasteiger partial charge in [0, 0.05) is 43.6 Å². The number of halogens is 1. The molecule has 4 heterocycles. The lowest BCUT2D eigenvalue weighted by atomic mass is 9.91. The number of nitrogens with zero attached hydrogens (tertiary/aromatic N) is 3. The van der Waals surface area contributed by atoms with E-state index in [9.17, 15) is 9.59 Å². The number of carbonyl (C=O) groups excluding carboxylic acids is 2. The summed E-state index contributed by atoms with van der Waals surface area (Å²) < 4.78 is 8.66. The zero-order valence-corrected chi connectivity index (χ0v) is 27.0. The number of pyridine rings is 2. The molecule has 0 saturated carbocycles. The van der Waals surface area contributed by atoms with Crippen LogP contribution in [0.25, 0.3) is 0 Å². The number of anilines is 2. The minimum atomic E-state index is -0.473. The highest BCUT2D eigenvalue weighted by molar-refractivity contribution is 7.97. The summed E-state index contributed by atoms with van der Waals surface area (Å²) in [5.74, 6) is 1.40. The van der Waals surface area contributed by atoms with Gasteiger partial charge in [-0.2, -0.15) is 0 Å². The molecular weight excluding hydrogens is 572 g/mol. The van der Waals surface area contributed by atoms with Crippen molar-refractivity contribution in [1.29, 1.82) is 0 Å². The average Bonchev–Trinajstić information content (AvgIpc) is 3.48. The van der Waals surface area contributed by atoms with Gasteiger partial charge >= 0.3 is 0 Å². The Hall–Kier alpha value is -2.40. The van der Waals surface area contributed by atoms with Gasteiger partial charge in [0.05, 0.1) is 5.56 Å². The third kappa shape index (κ3) is 9.56. The van der Waals surface area contributed by atoms with Gasteiger partial charge in [0.1, 0.15) is 27.9 Å².